The zero-order valence-electron chi connectivity index (χ0n) is 13.9. The summed E-state index contributed by atoms with van der Waals surface area (Å²) in [5.74, 6) is 0. The molecule has 0 spiro atoms. The topological polar surface area (TPSA) is 46.8 Å². The third-order valence-electron chi connectivity index (χ3n) is 4.79. The lowest BCUT2D eigenvalue weighted by molar-refractivity contribution is 0.231. The van der Waals surface area contributed by atoms with Crippen molar-refractivity contribution >= 4 is 11.2 Å². The highest BCUT2D eigenvalue weighted by molar-refractivity contribution is 5.73. The Kier molecular flexibility index (Phi) is 4.51. The van der Waals surface area contributed by atoms with Gasteiger partial charge in [-0.2, -0.15) is 0 Å². The first kappa shape index (κ1) is 15.3. The van der Waals surface area contributed by atoms with Gasteiger partial charge in [-0.25, -0.2) is 15.0 Å². The van der Waals surface area contributed by atoms with Gasteiger partial charge in [0.05, 0.1) is 18.6 Å². The van der Waals surface area contributed by atoms with E-state index in [2.05, 4.69) is 48.7 Å². The highest BCUT2D eigenvalue weighted by Gasteiger charge is 2.14. The molecule has 1 aliphatic rings. The van der Waals surface area contributed by atoms with Gasteiger partial charge in [0.15, 0.2) is 5.65 Å². The minimum atomic E-state index is 0.792. The number of rotatable bonds is 5. The van der Waals surface area contributed by atoms with E-state index in [9.17, 15) is 0 Å². The van der Waals surface area contributed by atoms with Crippen molar-refractivity contribution in [2.24, 2.45) is 0 Å². The van der Waals surface area contributed by atoms with E-state index in [4.69, 9.17) is 0 Å². The molecule has 4 rings (SSSR count). The largest absolute Gasteiger partial charge is 0.311 e. The molecule has 0 unspecified atom stereocenters. The summed E-state index contributed by atoms with van der Waals surface area (Å²) < 4.78 is 2.11. The van der Waals surface area contributed by atoms with Crippen LogP contribution in [0.2, 0.25) is 0 Å². The number of aromatic nitrogens is 4. The lowest BCUT2D eigenvalue weighted by Gasteiger charge is -2.26. The van der Waals surface area contributed by atoms with E-state index in [-0.39, 0.29) is 0 Å². The van der Waals surface area contributed by atoms with Crippen LogP contribution in [-0.2, 0) is 13.0 Å². The molecule has 0 amide bonds. The molecule has 5 nitrogen and oxygen atoms in total. The van der Waals surface area contributed by atoms with E-state index in [0.29, 0.717) is 0 Å². The van der Waals surface area contributed by atoms with Gasteiger partial charge in [0.1, 0.15) is 11.8 Å². The Bertz CT molecular complexity index is 790. The van der Waals surface area contributed by atoms with Gasteiger partial charge in [0.2, 0.25) is 0 Å². The number of likely N-dealkylation sites (tertiary alicyclic amines) is 1. The van der Waals surface area contributed by atoms with Crippen molar-refractivity contribution in [1.29, 1.82) is 0 Å². The summed E-state index contributed by atoms with van der Waals surface area (Å²) in [6.07, 6.45) is 8.53. The van der Waals surface area contributed by atoms with Gasteiger partial charge in [-0.3, -0.25) is 0 Å². The normalized spacial score (nSPS) is 15.8. The fraction of sp³-hybridized carbons (Fsp3) is 0.421. The molecule has 0 atom stereocenters. The highest BCUT2D eigenvalue weighted by Crippen LogP contribution is 2.16. The average Bonchev–Trinajstić information content (AvgIpc) is 3.05. The Morgan fingerprint density at radius 1 is 0.917 bits per heavy atom. The summed E-state index contributed by atoms with van der Waals surface area (Å²) in [6, 6.07) is 10.4. The maximum absolute atomic E-state index is 4.60. The van der Waals surface area contributed by atoms with Crippen LogP contribution in [0.25, 0.3) is 11.2 Å². The number of imidazole rings is 1. The van der Waals surface area contributed by atoms with Crippen LogP contribution >= 0.6 is 0 Å². The summed E-state index contributed by atoms with van der Waals surface area (Å²) in [6.45, 7) is 4.30. The van der Waals surface area contributed by atoms with Crippen molar-refractivity contribution < 1.29 is 0 Å². The molecule has 5 heteroatoms. The number of hydrogen-bond donors (Lipinski definition) is 0. The van der Waals surface area contributed by atoms with Crippen LogP contribution in [0.3, 0.4) is 0 Å². The Hall–Kier alpha value is -2.27. The molecular formula is C19H23N5. The van der Waals surface area contributed by atoms with Gasteiger partial charge in [0.25, 0.3) is 0 Å². The van der Waals surface area contributed by atoms with Crippen LogP contribution in [-0.4, -0.2) is 44.1 Å². The minimum Gasteiger partial charge on any atom is -0.311 e. The predicted octanol–water partition coefficient (Wildman–Crippen LogP) is 2.90. The second kappa shape index (κ2) is 7.09. The molecule has 1 aliphatic heterocycles. The smallest absolute Gasteiger partial charge is 0.163 e. The lowest BCUT2D eigenvalue weighted by Crippen LogP contribution is -2.31. The monoisotopic (exact) mass is 321 g/mol. The Morgan fingerprint density at radius 2 is 1.75 bits per heavy atom. The highest BCUT2D eigenvalue weighted by atomic mass is 15.1. The molecule has 124 valence electrons. The van der Waals surface area contributed by atoms with Crippen molar-refractivity contribution in [3.05, 3.63) is 54.2 Å². The fourth-order valence-corrected chi connectivity index (χ4v) is 3.45. The van der Waals surface area contributed by atoms with Gasteiger partial charge in [0, 0.05) is 13.0 Å². The molecule has 1 saturated heterocycles. The second-order valence-corrected chi connectivity index (χ2v) is 6.50. The molecule has 3 aromatic rings. The van der Waals surface area contributed by atoms with E-state index in [1.54, 1.807) is 6.33 Å². The van der Waals surface area contributed by atoms with Gasteiger partial charge >= 0.3 is 0 Å². The summed E-state index contributed by atoms with van der Waals surface area (Å²) >= 11 is 0. The summed E-state index contributed by atoms with van der Waals surface area (Å²) in [7, 11) is 0. The van der Waals surface area contributed by atoms with Crippen LogP contribution in [0, 0.1) is 0 Å². The Labute approximate surface area is 142 Å². The minimum absolute atomic E-state index is 0.792. The SMILES string of the molecule is c1ccc(Cn2cnc3c(CCN4CCCCC4)ncnc32)cc1. The predicted molar refractivity (Wildman–Crippen MR) is 94.9 cm³/mol. The zero-order valence-corrected chi connectivity index (χ0v) is 13.9. The maximum Gasteiger partial charge on any atom is 0.163 e. The number of fused-ring (bicyclic) bond motifs is 1. The molecule has 2 aromatic heterocycles. The van der Waals surface area contributed by atoms with Crippen LogP contribution in [0.15, 0.2) is 43.0 Å². The van der Waals surface area contributed by atoms with E-state index < -0.39 is 0 Å². The zero-order chi connectivity index (χ0) is 16.2. The van der Waals surface area contributed by atoms with E-state index in [1.165, 1.54) is 37.9 Å². The summed E-state index contributed by atoms with van der Waals surface area (Å²) in [5.41, 5.74) is 4.20. The third kappa shape index (κ3) is 3.31. The summed E-state index contributed by atoms with van der Waals surface area (Å²) in [4.78, 5) is 16.1. The van der Waals surface area contributed by atoms with Crippen LogP contribution in [0.5, 0.6) is 0 Å². The fourth-order valence-electron chi connectivity index (χ4n) is 3.45. The first-order chi connectivity index (χ1) is 11.9. The van der Waals surface area contributed by atoms with Crippen LogP contribution < -0.4 is 0 Å². The van der Waals surface area contributed by atoms with Crippen molar-refractivity contribution in [1.82, 2.24) is 24.4 Å². The number of hydrogen-bond acceptors (Lipinski definition) is 4. The third-order valence-corrected chi connectivity index (χ3v) is 4.79. The number of nitrogens with zero attached hydrogens (tertiary/aromatic N) is 5. The molecule has 1 aromatic carbocycles. The molecule has 3 heterocycles. The van der Waals surface area contributed by atoms with Gasteiger partial charge in [-0.05, 0) is 31.5 Å². The quantitative estimate of drug-likeness (QED) is 0.725. The second-order valence-electron chi connectivity index (χ2n) is 6.50. The first-order valence-corrected chi connectivity index (χ1v) is 8.81. The van der Waals surface area contributed by atoms with Crippen LogP contribution in [0.1, 0.15) is 30.5 Å². The molecule has 1 fully saturated rings. The van der Waals surface area contributed by atoms with E-state index in [1.807, 2.05) is 12.4 Å². The molecule has 24 heavy (non-hydrogen) atoms. The Morgan fingerprint density at radius 3 is 2.58 bits per heavy atom. The molecule has 0 radical (unpaired) electrons. The molecular weight excluding hydrogens is 298 g/mol. The van der Waals surface area contributed by atoms with Gasteiger partial charge in [-0.15, -0.1) is 0 Å². The first-order valence-electron chi connectivity index (χ1n) is 8.81. The lowest BCUT2D eigenvalue weighted by atomic mass is 10.1. The van der Waals surface area contributed by atoms with Gasteiger partial charge in [-0.1, -0.05) is 36.8 Å². The van der Waals surface area contributed by atoms with Crippen molar-refractivity contribution in [3.63, 3.8) is 0 Å². The standard InChI is InChI=1S/C19H23N5/c1-3-7-16(8-4-1)13-24-15-22-18-17(20-14-21-19(18)24)9-12-23-10-5-2-6-11-23/h1,3-4,7-8,14-15H,2,5-6,9-13H2. The Balaban J connectivity index is 1.52. The number of benzene rings is 1. The number of piperidine rings is 1. The van der Waals surface area contributed by atoms with E-state index >= 15 is 0 Å². The van der Waals surface area contributed by atoms with Crippen molar-refractivity contribution in [3.8, 4) is 0 Å². The molecule has 0 N–H and O–H groups in total. The molecule has 0 bridgehead atoms. The van der Waals surface area contributed by atoms with Crippen molar-refractivity contribution in [2.75, 3.05) is 19.6 Å². The van der Waals surface area contributed by atoms with E-state index in [0.717, 1.165) is 36.4 Å². The maximum atomic E-state index is 4.60. The average molecular weight is 321 g/mol. The summed E-state index contributed by atoms with van der Waals surface area (Å²) in [5, 5.41) is 0. The molecule has 0 aliphatic carbocycles. The van der Waals surface area contributed by atoms with Crippen LogP contribution in [0.4, 0.5) is 0 Å². The van der Waals surface area contributed by atoms with Crippen molar-refractivity contribution in [2.45, 2.75) is 32.2 Å². The molecule has 0 saturated carbocycles. The van der Waals surface area contributed by atoms with Gasteiger partial charge < -0.3 is 9.47 Å².